The fourth-order valence-electron chi connectivity index (χ4n) is 14.4. The van der Waals surface area contributed by atoms with Crippen molar-refractivity contribution in [2.75, 3.05) is 0 Å². The van der Waals surface area contributed by atoms with E-state index in [1.807, 2.05) is 48.5 Å². The van der Waals surface area contributed by atoms with Gasteiger partial charge < -0.3 is 25.7 Å². The summed E-state index contributed by atoms with van der Waals surface area (Å²) in [7, 11) is -4.56. The van der Waals surface area contributed by atoms with E-state index in [0.29, 0.717) is 0 Å². The van der Waals surface area contributed by atoms with Crippen LogP contribution in [0.1, 0.15) is 72.2 Å². The fourth-order valence-corrected chi connectivity index (χ4v) is 26.4. The van der Waals surface area contributed by atoms with Crippen LogP contribution in [0.5, 0.6) is 0 Å². The van der Waals surface area contributed by atoms with Crippen molar-refractivity contribution < 1.29 is 89.5 Å². The summed E-state index contributed by atoms with van der Waals surface area (Å²) in [4.78, 5) is 0. The predicted molar refractivity (Wildman–Crippen MR) is 446 cm³/mol. The molecule has 0 aromatic heterocycles. The normalized spacial score (nSPS) is 11.7. The summed E-state index contributed by atoms with van der Waals surface area (Å²) >= 11 is 0. The van der Waals surface area contributed by atoms with Crippen LogP contribution in [0, 0.1) is 49.4 Å². The molecule has 0 spiro atoms. The van der Waals surface area contributed by atoms with Gasteiger partial charge in [0.2, 0.25) is 0 Å². The number of rotatable bonds is 12. The van der Waals surface area contributed by atoms with Crippen molar-refractivity contribution in [1.82, 2.24) is 0 Å². The molecule has 2 aliphatic rings. The topological polar surface area (TPSA) is 0 Å². The molecule has 0 bridgehead atoms. The Kier molecular flexibility index (Phi) is 30.0. The molecule has 14 aromatic rings. The van der Waals surface area contributed by atoms with Crippen LogP contribution >= 0.6 is 31.7 Å². The Bertz CT molecular complexity index is 4560. The molecule has 2 aliphatic carbocycles. The molecular formula is C98H76Au4P4+4. The Morgan fingerprint density at radius 2 is 0.340 bits per heavy atom. The third-order valence-electron chi connectivity index (χ3n) is 19.4. The minimum atomic E-state index is -1.14. The maximum absolute atomic E-state index is 7.28. The molecule has 16 rings (SSSR count). The van der Waals surface area contributed by atoms with E-state index in [1.54, 1.807) is 0 Å². The maximum atomic E-state index is 7.28. The molecule has 0 atom stereocenters. The second-order valence-electron chi connectivity index (χ2n) is 26.3. The van der Waals surface area contributed by atoms with Crippen molar-refractivity contribution in [2.24, 2.45) is 0 Å². The van der Waals surface area contributed by atoms with Gasteiger partial charge in [0.1, 0.15) is 95.3 Å². The van der Waals surface area contributed by atoms with E-state index in [0.717, 1.165) is 44.5 Å². The zero-order chi connectivity index (χ0) is 70.4. The van der Waals surface area contributed by atoms with Crippen molar-refractivity contribution in [1.29, 1.82) is 0 Å². The Morgan fingerprint density at radius 3 is 0.481 bits per heavy atom. The summed E-state index contributed by atoms with van der Waals surface area (Å²) < 4.78 is 0. The molecule has 0 radical (unpaired) electrons. The van der Waals surface area contributed by atoms with Crippen LogP contribution in [-0.2, 0) is 100 Å². The van der Waals surface area contributed by atoms with Crippen LogP contribution in [0.4, 0.5) is 0 Å². The van der Waals surface area contributed by atoms with Crippen LogP contribution in [-0.4, -0.2) is 0 Å². The predicted octanol–water partition coefficient (Wildman–Crippen LogP) is 17.1. The van der Waals surface area contributed by atoms with E-state index < -0.39 is 31.7 Å². The molecule has 0 saturated carbocycles. The quantitative estimate of drug-likeness (QED) is 0.0495. The van der Waals surface area contributed by atoms with E-state index in [-0.39, 0.29) is 100 Å². The van der Waals surface area contributed by atoms with E-state index in [1.165, 1.54) is 85.9 Å². The SMILES string of the molecule is [Au+].[Au+].[Au+].[Au+].[C-]#Cc1ccc2c(c1)-c1cc(C#[C-])ccc1C2(C)C.[C-]#Cc1ccc2c(c1)-c1cc(C#[C-])ccc1C2(C)C.c1ccc([PH+](c2ccccc2)c2ccccc2[PH+](c2ccccc2)c2ccccc2)cc1.c1ccc([PH+](c2ccccc2)c2ccccc2[PH+](c2ccccc2)c2ccccc2)cc1. The summed E-state index contributed by atoms with van der Waals surface area (Å²) in [5.74, 6) is 9.76. The second kappa shape index (κ2) is 38.7. The third kappa shape index (κ3) is 18.2. The van der Waals surface area contributed by atoms with Crippen molar-refractivity contribution in [3.8, 4) is 45.9 Å². The minimum absolute atomic E-state index is 0. The molecule has 528 valence electrons. The first-order chi connectivity index (χ1) is 50.0. The third-order valence-corrected chi connectivity index (χ3v) is 31.0. The Hall–Kier alpha value is -8.00. The molecule has 0 unspecified atom stereocenters. The van der Waals surface area contributed by atoms with Gasteiger partial charge in [-0.2, -0.15) is 0 Å². The van der Waals surface area contributed by atoms with Gasteiger partial charge in [0.05, 0.1) is 0 Å². The van der Waals surface area contributed by atoms with Gasteiger partial charge in [0.15, 0.2) is 0 Å². The van der Waals surface area contributed by atoms with Crippen LogP contribution in [0.25, 0.3) is 22.3 Å². The molecule has 8 heteroatoms. The largest absolute Gasteiger partial charge is 1.00 e. The standard InChI is InChI=1S/2C30H24P2.2C19H12.4Au/c2*1-5-15-25(16-6-1)31(26-17-7-2-8-18-26)29-23-13-14-24-30(29)32(27-19-9-3-10-20-27)28-21-11-4-12-22-28;2*1-5-13-7-9-17-15(11-13)16-12-14(6-2)8-10-18(16)19(17,3)4;;;;/h2*1-24H;2*7-12H,3-4H3;;;;/q;;2*-2;4*+1/p+4. The fraction of sp³-hybridized carbons (Fsp3) is 0.0612. The summed E-state index contributed by atoms with van der Waals surface area (Å²) in [6.07, 6.45) is 29.1. The molecule has 0 heterocycles. The summed E-state index contributed by atoms with van der Waals surface area (Å²) in [5.41, 5.74) is 12.7. The Labute approximate surface area is 696 Å². The molecule has 0 saturated heterocycles. The zero-order valence-corrected chi connectivity index (χ0v) is 71.5. The van der Waals surface area contributed by atoms with Crippen molar-refractivity contribution in [2.45, 2.75) is 38.5 Å². The van der Waals surface area contributed by atoms with Gasteiger partial charge in [-0.25, -0.2) is 0 Å². The molecular weight excluding hydrogens is 2090 g/mol. The van der Waals surface area contributed by atoms with E-state index >= 15 is 0 Å². The van der Waals surface area contributed by atoms with E-state index in [4.69, 9.17) is 25.7 Å². The van der Waals surface area contributed by atoms with Gasteiger partial charge in [-0.15, -0.1) is 70.8 Å². The molecule has 0 amide bonds. The van der Waals surface area contributed by atoms with Gasteiger partial charge in [-0.1, -0.05) is 222 Å². The van der Waals surface area contributed by atoms with Gasteiger partial charge in [-0.05, 0) is 166 Å². The van der Waals surface area contributed by atoms with Crippen molar-refractivity contribution in [3.63, 3.8) is 0 Å². The number of benzene rings is 14. The van der Waals surface area contributed by atoms with Crippen molar-refractivity contribution >= 4 is 95.3 Å². The average Bonchev–Trinajstić information content (AvgIpc) is 1.43. The molecule has 0 aliphatic heterocycles. The van der Waals surface area contributed by atoms with Gasteiger partial charge in [-0.3, -0.25) is 23.7 Å². The molecule has 0 N–H and O–H groups in total. The average molecular weight is 2170 g/mol. The van der Waals surface area contributed by atoms with Gasteiger partial charge in [0.25, 0.3) is 0 Å². The van der Waals surface area contributed by atoms with Gasteiger partial charge >= 0.3 is 89.5 Å². The second-order valence-corrected chi connectivity index (χ2v) is 36.1. The first kappa shape index (κ1) is 82.1. The summed E-state index contributed by atoms with van der Waals surface area (Å²) in [6, 6.07) is 131. The monoisotopic (exact) mass is 2160 g/mol. The number of fused-ring (bicyclic) bond motifs is 6. The number of hydrogen-bond acceptors (Lipinski definition) is 0. The van der Waals surface area contributed by atoms with Crippen LogP contribution in [0.3, 0.4) is 0 Å². The molecule has 0 nitrogen and oxygen atoms in total. The Balaban J connectivity index is 0.000000166. The maximum Gasteiger partial charge on any atom is 1.00 e. The van der Waals surface area contributed by atoms with Crippen LogP contribution in [0.15, 0.2) is 364 Å². The summed E-state index contributed by atoms with van der Waals surface area (Å²) in [5, 5.41) is 17.4. The molecule has 0 fully saturated rings. The van der Waals surface area contributed by atoms with Crippen LogP contribution < -0.4 is 63.7 Å². The van der Waals surface area contributed by atoms with E-state index in [2.05, 4.69) is 367 Å². The number of hydrogen-bond donors (Lipinski definition) is 0. The first-order valence-corrected chi connectivity index (χ1v) is 40.4. The minimum Gasteiger partial charge on any atom is -0.366 e. The van der Waals surface area contributed by atoms with E-state index in [9.17, 15) is 0 Å². The zero-order valence-electron chi connectivity index (χ0n) is 58.8. The van der Waals surface area contributed by atoms with Crippen molar-refractivity contribution in [3.05, 3.63) is 434 Å². The summed E-state index contributed by atoms with van der Waals surface area (Å²) in [6.45, 7) is 8.83. The first-order valence-electron chi connectivity index (χ1n) is 34.4. The van der Waals surface area contributed by atoms with Gasteiger partial charge in [0, 0.05) is 10.8 Å². The van der Waals surface area contributed by atoms with Crippen LogP contribution in [0.2, 0.25) is 0 Å². The Morgan fingerprint density at radius 1 is 0.198 bits per heavy atom. The smallest absolute Gasteiger partial charge is 0.366 e. The molecule has 14 aromatic carbocycles. The molecule has 106 heavy (non-hydrogen) atoms.